The van der Waals surface area contributed by atoms with Crippen LogP contribution in [0.1, 0.15) is 17.3 Å². The molecule has 0 aliphatic heterocycles. The zero-order chi connectivity index (χ0) is 20.1. The Balaban J connectivity index is 1.87. The van der Waals surface area contributed by atoms with Crippen molar-refractivity contribution in [1.29, 1.82) is 0 Å². The van der Waals surface area contributed by atoms with Crippen LogP contribution >= 0.6 is 23.6 Å². The average molecular weight is 418 g/mol. The highest BCUT2D eigenvalue weighted by Gasteiger charge is 2.19. The van der Waals surface area contributed by atoms with E-state index in [1.54, 1.807) is 13.0 Å². The molecule has 0 atom stereocenters. The molecule has 2 aromatic carbocycles. The van der Waals surface area contributed by atoms with Gasteiger partial charge in [-0.05, 0) is 42.9 Å². The summed E-state index contributed by atoms with van der Waals surface area (Å²) in [6.07, 6.45) is 0. The van der Waals surface area contributed by atoms with Crippen LogP contribution < -0.4 is 10.6 Å². The third-order valence-electron chi connectivity index (χ3n) is 3.69. The average Bonchev–Trinajstić information content (AvgIpc) is 3.09. The number of hydrogen-bond acceptors (Lipinski definition) is 4. The zero-order valence-electron chi connectivity index (χ0n) is 14.8. The first-order chi connectivity index (χ1) is 13.5. The van der Waals surface area contributed by atoms with Gasteiger partial charge in [-0.1, -0.05) is 30.3 Å². The van der Waals surface area contributed by atoms with E-state index < -0.39 is 17.6 Å². The Labute approximate surface area is 170 Å². The molecule has 28 heavy (non-hydrogen) atoms. The number of carbonyl (C=O) groups excluding carboxylic acids is 1. The number of thiophene rings is 1. The number of anilines is 2. The molecule has 1 heterocycles. The summed E-state index contributed by atoms with van der Waals surface area (Å²) in [5.74, 6) is -1.74. The molecular formula is C20H16F2N2O2S2. The first-order valence-electron chi connectivity index (χ1n) is 8.37. The first-order valence-corrected chi connectivity index (χ1v) is 9.60. The molecule has 2 N–H and O–H groups in total. The molecule has 0 aliphatic carbocycles. The largest absolute Gasteiger partial charge is 0.462 e. The lowest BCUT2D eigenvalue weighted by molar-refractivity contribution is 0.0528. The SMILES string of the molecule is CCOC(=O)c1cc(-c2ccccc2)sc1NC(=S)Nc1cc(F)ccc1F. The van der Waals surface area contributed by atoms with E-state index in [0.717, 1.165) is 28.6 Å². The highest BCUT2D eigenvalue weighted by atomic mass is 32.1. The molecule has 0 amide bonds. The normalized spacial score (nSPS) is 10.4. The monoisotopic (exact) mass is 418 g/mol. The van der Waals surface area contributed by atoms with E-state index in [1.165, 1.54) is 11.3 Å². The van der Waals surface area contributed by atoms with Crippen molar-refractivity contribution in [2.24, 2.45) is 0 Å². The zero-order valence-corrected chi connectivity index (χ0v) is 16.4. The van der Waals surface area contributed by atoms with Gasteiger partial charge in [0, 0.05) is 10.9 Å². The molecular weight excluding hydrogens is 402 g/mol. The standard InChI is InChI=1S/C20H16F2N2O2S2/c1-2-26-19(25)14-11-17(12-6-4-3-5-7-12)28-18(14)24-20(27)23-16-10-13(21)8-9-15(16)22/h3-11H,2H2,1H3,(H2,23,24,27). The predicted molar refractivity (Wildman–Crippen MR) is 112 cm³/mol. The number of rotatable bonds is 5. The number of nitrogens with one attached hydrogen (secondary N) is 2. The number of esters is 1. The van der Waals surface area contributed by atoms with Gasteiger partial charge in [0.2, 0.25) is 0 Å². The molecule has 1 aromatic heterocycles. The molecule has 0 unspecified atom stereocenters. The number of ether oxygens (including phenoxy) is 1. The van der Waals surface area contributed by atoms with E-state index in [2.05, 4.69) is 10.6 Å². The molecule has 0 saturated carbocycles. The van der Waals surface area contributed by atoms with Crippen molar-refractivity contribution >= 4 is 45.3 Å². The van der Waals surface area contributed by atoms with Crippen molar-refractivity contribution in [1.82, 2.24) is 0 Å². The third-order valence-corrected chi connectivity index (χ3v) is 4.99. The molecule has 0 saturated heterocycles. The fourth-order valence-electron chi connectivity index (χ4n) is 2.44. The van der Waals surface area contributed by atoms with Crippen molar-refractivity contribution in [3.8, 4) is 10.4 Å². The van der Waals surface area contributed by atoms with Gasteiger partial charge in [-0.25, -0.2) is 13.6 Å². The summed E-state index contributed by atoms with van der Waals surface area (Å²) in [5, 5.41) is 5.97. The van der Waals surface area contributed by atoms with Crippen LogP contribution in [0.4, 0.5) is 19.5 Å². The maximum Gasteiger partial charge on any atom is 0.341 e. The summed E-state index contributed by atoms with van der Waals surface area (Å²) in [5.41, 5.74) is 1.14. The van der Waals surface area contributed by atoms with Gasteiger partial charge in [0.1, 0.15) is 16.6 Å². The quantitative estimate of drug-likeness (QED) is 0.412. The third kappa shape index (κ3) is 4.71. The number of thiocarbonyl (C=S) groups is 1. The Morgan fingerprint density at radius 2 is 1.86 bits per heavy atom. The van der Waals surface area contributed by atoms with Crippen LogP contribution in [0.5, 0.6) is 0 Å². The van der Waals surface area contributed by atoms with Gasteiger partial charge >= 0.3 is 5.97 Å². The van der Waals surface area contributed by atoms with E-state index in [-0.39, 0.29) is 17.4 Å². The van der Waals surface area contributed by atoms with Crippen molar-refractivity contribution in [3.63, 3.8) is 0 Å². The fourth-order valence-corrected chi connectivity index (χ4v) is 3.77. The van der Waals surface area contributed by atoms with Gasteiger partial charge in [0.05, 0.1) is 17.9 Å². The van der Waals surface area contributed by atoms with E-state index in [1.807, 2.05) is 30.3 Å². The summed E-state index contributed by atoms with van der Waals surface area (Å²) >= 11 is 6.51. The van der Waals surface area contributed by atoms with Gasteiger partial charge in [-0.15, -0.1) is 11.3 Å². The Bertz CT molecular complexity index is 1010. The number of hydrogen-bond donors (Lipinski definition) is 2. The number of benzene rings is 2. The van der Waals surface area contributed by atoms with Crippen molar-refractivity contribution in [2.45, 2.75) is 6.92 Å². The molecule has 3 rings (SSSR count). The van der Waals surface area contributed by atoms with Crippen LogP contribution in [0, 0.1) is 11.6 Å². The molecule has 0 spiro atoms. The maximum atomic E-state index is 13.8. The van der Waals surface area contributed by atoms with E-state index in [0.29, 0.717) is 10.6 Å². The number of halogens is 2. The summed E-state index contributed by atoms with van der Waals surface area (Å²) in [6.45, 7) is 1.94. The molecule has 0 radical (unpaired) electrons. The smallest absolute Gasteiger partial charge is 0.341 e. The van der Waals surface area contributed by atoms with E-state index in [9.17, 15) is 13.6 Å². The molecule has 8 heteroatoms. The van der Waals surface area contributed by atoms with Gasteiger partial charge in [0.15, 0.2) is 5.11 Å². The second-order valence-corrected chi connectivity index (χ2v) is 7.10. The Hall–Kier alpha value is -2.84. The highest BCUT2D eigenvalue weighted by Crippen LogP contribution is 2.36. The van der Waals surface area contributed by atoms with Crippen LogP contribution in [-0.2, 0) is 4.74 Å². The lowest BCUT2D eigenvalue weighted by atomic mass is 10.1. The Morgan fingerprint density at radius 3 is 2.57 bits per heavy atom. The van der Waals surface area contributed by atoms with Crippen LogP contribution in [-0.4, -0.2) is 17.7 Å². The Kier molecular flexibility index (Phi) is 6.33. The minimum atomic E-state index is -0.646. The van der Waals surface area contributed by atoms with E-state index >= 15 is 0 Å². The summed E-state index contributed by atoms with van der Waals surface area (Å²) in [6, 6.07) is 14.3. The molecule has 0 fully saturated rings. The summed E-state index contributed by atoms with van der Waals surface area (Å²) in [7, 11) is 0. The summed E-state index contributed by atoms with van der Waals surface area (Å²) in [4.78, 5) is 13.2. The molecule has 3 aromatic rings. The van der Waals surface area contributed by atoms with Gasteiger partial charge < -0.3 is 15.4 Å². The van der Waals surface area contributed by atoms with Crippen LogP contribution in [0.3, 0.4) is 0 Å². The molecule has 4 nitrogen and oxygen atoms in total. The minimum Gasteiger partial charge on any atom is -0.462 e. The lowest BCUT2D eigenvalue weighted by Crippen LogP contribution is -2.20. The maximum absolute atomic E-state index is 13.8. The molecule has 0 aliphatic rings. The van der Waals surface area contributed by atoms with E-state index in [4.69, 9.17) is 17.0 Å². The fraction of sp³-hybridized carbons (Fsp3) is 0.100. The van der Waals surface area contributed by atoms with Crippen LogP contribution in [0.2, 0.25) is 0 Å². The van der Waals surface area contributed by atoms with Crippen molar-refractivity contribution in [3.05, 3.63) is 71.8 Å². The van der Waals surface area contributed by atoms with Gasteiger partial charge in [-0.2, -0.15) is 0 Å². The second-order valence-electron chi connectivity index (χ2n) is 5.64. The first kappa shape index (κ1) is 19.9. The highest BCUT2D eigenvalue weighted by molar-refractivity contribution is 7.80. The van der Waals surface area contributed by atoms with Gasteiger partial charge in [0.25, 0.3) is 0 Å². The lowest BCUT2D eigenvalue weighted by Gasteiger charge is -2.11. The molecule has 0 bridgehead atoms. The summed E-state index contributed by atoms with van der Waals surface area (Å²) < 4.78 is 32.3. The van der Waals surface area contributed by atoms with Crippen molar-refractivity contribution in [2.75, 3.05) is 17.2 Å². The van der Waals surface area contributed by atoms with Crippen molar-refractivity contribution < 1.29 is 18.3 Å². The second kappa shape index (κ2) is 8.90. The predicted octanol–water partition coefficient (Wildman–Crippen LogP) is 5.68. The van der Waals surface area contributed by atoms with Crippen LogP contribution in [0.25, 0.3) is 10.4 Å². The molecule has 144 valence electrons. The minimum absolute atomic E-state index is 0.0245. The number of carbonyl (C=O) groups is 1. The Morgan fingerprint density at radius 1 is 1.11 bits per heavy atom. The topological polar surface area (TPSA) is 50.4 Å². The van der Waals surface area contributed by atoms with Crippen LogP contribution in [0.15, 0.2) is 54.6 Å². The van der Waals surface area contributed by atoms with Gasteiger partial charge in [-0.3, -0.25) is 0 Å².